The summed E-state index contributed by atoms with van der Waals surface area (Å²) in [4.78, 5) is 0. The molecule has 1 aromatic carbocycles. The lowest BCUT2D eigenvalue weighted by Gasteiger charge is -2.16. The molecule has 2 heterocycles. The van der Waals surface area contributed by atoms with Gasteiger partial charge < -0.3 is 18.9 Å². The minimum atomic E-state index is -0.638. The van der Waals surface area contributed by atoms with Gasteiger partial charge in [0.2, 0.25) is 11.5 Å². The largest absolute Gasteiger partial charge is 0.486 e. The van der Waals surface area contributed by atoms with Crippen molar-refractivity contribution in [3.63, 3.8) is 0 Å². The Bertz CT molecular complexity index is 497. The average Bonchev–Trinajstić information content (AvgIpc) is 3.01. The van der Waals surface area contributed by atoms with Gasteiger partial charge >= 0.3 is 0 Å². The molecule has 4 nitrogen and oxygen atoms in total. The van der Waals surface area contributed by atoms with E-state index in [2.05, 4.69) is 45.2 Å². The number of benzene rings is 1. The third-order valence-corrected chi connectivity index (χ3v) is 4.21. The van der Waals surface area contributed by atoms with Crippen LogP contribution in [0, 0.1) is 7.14 Å². The molecular weight excluding hydrogens is 462 g/mol. The van der Waals surface area contributed by atoms with Crippen LogP contribution in [0.25, 0.3) is 0 Å². The highest BCUT2D eigenvalue weighted by atomic mass is 127. The standard InChI is InChI=1S/C12H12I2O4/c1-12(2)17-10-8(14)3-7(13)9(11(10)18-12)16-5-6-4-15-6/h3,6H,4-5H2,1-2H3. The zero-order valence-electron chi connectivity index (χ0n) is 9.96. The Balaban J connectivity index is 1.95. The monoisotopic (exact) mass is 474 g/mol. The lowest BCUT2D eigenvalue weighted by Crippen LogP contribution is -2.30. The molecule has 0 N–H and O–H groups in total. The van der Waals surface area contributed by atoms with E-state index in [9.17, 15) is 0 Å². The maximum atomic E-state index is 5.84. The van der Waals surface area contributed by atoms with E-state index in [-0.39, 0.29) is 6.10 Å². The Morgan fingerprint density at radius 3 is 2.61 bits per heavy atom. The van der Waals surface area contributed by atoms with Crippen LogP contribution in [0.1, 0.15) is 13.8 Å². The van der Waals surface area contributed by atoms with E-state index < -0.39 is 5.79 Å². The van der Waals surface area contributed by atoms with Crippen molar-refractivity contribution in [2.45, 2.75) is 25.7 Å². The third-order valence-electron chi connectivity index (χ3n) is 2.61. The maximum Gasteiger partial charge on any atom is 0.246 e. The van der Waals surface area contributed by atoms with Gasteiger partial charge in [0, 0.05) is 13.8 Å². The highest BCUT2D eigenvalue weighted by Crippen LogP contribution is 2.50. The fraction of sp³-hybridized carbons (Fsp3) is 0.500. The summed E-state index contributed by atoms with van der Waals surface area (Å²) < 4.78 is 24.7. The zero-order chi connectivity index (χ0) is 12.9. The molecule has 3 rings (SSSR count). The summed E-state index contributed by atoms with van der Waals surface area (Å²) in [5, 5.41) is 0. The second-order valence-electron chi connectivity index (χ2n) is 4.70. The van der Waals surface area contributed by atoms with Crippen LogP contribution in [0.2, 0.25) is 0 Å². The van der Waals surface area contributed by atoms with Crippen LogP contribution in [0.3, 0.4) is 0 Å². The van der Waals surface area contributed by atoms with E-state index in [1.807, 2.05) is 19.9 Å². The van der Waals surface area contributed by atoms with E-state index in [4.69, 9.17) is 18.9 Å². The first-order valence-electron chi connectivity index (χ1n) is 5.61. The Kier molecular flexibility index (Phi) is 3.30. The molecule has 0 radical (unpaired) electrons. The van der Waals surface area contributed by atoms with Crippen molar-refractivity contribution in [2.24, 2.45) is 0 Å². The van der Waals surface area contributed by atoms with Crippen LogP contribution < -0.4 is 14.2 Å². The minimum absolute atomic E-state index is 0.228. The lowest BCUT2D eigenvalue weighted by molar-refractivity contribution is -0.0444. The third kappa shape index (κ3) is 2.51. The first kappa shape index (κ1) is 13.0. The molecular formula is C12H12I2O4. The molecule has 2 aliphatic rings. The van der Waals surface area contributed by atoms with E-state index in [0.717, 1.165) is 25.2 Å². The number of fused-ring (bicyclic) bond motifs is 1. The fourth-order valence-electron chi connectivity index (χ4n) is 1.74. The molecule has 6 heteroatoms. The summed E-state index contributed by atoms with van der Waals surface area (Å²) in [7, 11) is 0. The Labute approximate surface area is 133 Å². The Morgan fingerprint density at radius 2 is 1.94 bits per heavy atom. The molecule has 1 aromatic rings. The van der Waals surface area contributed by atoms with Crippen molar-refractivity contribution in [1.29, 1.82) is 0 Å². The highest BCUT2D eigenvalue weighted by Gasteiger charge is 2.37. The number of halogens is 2. The van der Waals surface area contributed by atoms with Crippen LogP contribution in [0.4, 0.5) is 0 Å². The molecule has 0 bridgehead atoms. The van der Waals surface area contributed by atoms with Crippen molar-refractivity contribution >= 4 is 45.2 Å². The Morgan fingerprint density at radius 1 is 1.28 bits per heavy atom. The van der Waals surface area contributed by atoms with E-state index in [1.54, 1.807) is 0 Å². The zero-order valence-corrected chi connectivity index (χ0v) is 14.3. The number of hydrogen-bond donors (Lipinski definition) is 0. The molecule has 0 aromatic heterocycles. The smallest absolute Gasteiger partial charge is 0.246 e. The van der Waals surface area contributed by atoms with E-state index in [0.29, 0.717) is 12.4 Å². The second kappa shape index (κ2) is 4.55. The first-order chi connectivity index (χ1) is 8.46. The van der Waals surface area contributed by atoms with Gasteiger partial charge in [-0.3, -0.25) is 0 Å². The molecule has 1 fully saturated rings. The molecule has 98 valence electrons. The molecule has 0 saturated carbocycles. The van der Waals surface area contributed by atoms with Gasteiger partial charge in [-0.2, -0.15) is 0 Å². The minimum Gasteiger partial charge on any atom is -0.486 e. The average molecular weight is 474 g/mol. The summed E-state index contributed by atoms with van der Waals surface area (Å²) in [5.74, 6) is 1.60. The van der Waals surface area contributed by atoms with Crippen LogP contribution in [-0.2, 0) is 4.74 Å². The van der Waals surface area contributed by atoms with Gasteiger partial charge in [-0.25, -0.2) is 0 Å². The van der Waals surface area contributed by atoms with Crippen molar-refractivity contribution in [3.8, 4) is 17.2 Å². The molecule has 1 saturated heterocycles. The van der Waals surface area contributed by atoms with E-state index in [1.165, 1.54) is 0 Å². The van der Waals surface area contributed by atoms with Crippen LogP contribution in [-0.4, -0.2) is 25.1 Å². The highest BCUT2D eigenvalue weighted by molar-refractivity contribution is 14.1. The number of ether oxygens (including phenoxy) is 4. The van der Waals surface area contributed by atoms with Gasteiger partial charge in [-0.15, -0.1) is 0 Å². The quantitative estimate of drug-likeness (QED) is 0.499. The molecule has 0 spiro atoms. The van der Waals surface area contributed by atoms with Gasteiger partial charge in [-0.1, -0.05) is 0 Å². The van der Waals surface area contributed by atoms with Crippen molar-refractivity contribution in [1.82, 2.24) is 0 Å². The Hall–Kier alpha value is 0.0400. The lowest BCUT2D eigenvalue weighted by atomic mass is 10.3. The second-order valence-corrected chi connectivity index (χ2v) is 7.02. The SMILES string of the molecule is CC1(C)Oc2c(I)cc(I)c(OCC3CO3)c2O1. The van der Waals surface area contributed by atoms with E-state index >= 15 is 0 Å². The molecule has 0 aliphatic carbocycles. The summed E-state index contributed by atoms with van der Waals surface area (Å²) in [5.41, 5.74) is 0. The molecule has 1 unspecified atom stereocenters. The number of rotatable bonds is 3. The molecule has 2 aliphatic heterocycles. The van der Waals surface area contributed by atoms with Crippen LogP contribution in [0.15, 0.2) is 6.07 Å². The summed E-state index contributed by atoms with van der Waals surface area (Å²) >= 11 is 4.50. The number of epoxide rings is 1. The summed E-state index contributed by atoms with van der Waals surface area (Å²) in [6, 6.07) is 2.04. The van der Waals surface area contributed by atoms with Gasteiger partial charge in [0.25, 0.3) is 0 Å². The predicted octanol–water partition coefficient (Wildman–Crippen LogP) is 3.18. The van der Waals surface area contributed by atoms with Crippen molar-refractivity contribution < 1.29 is 18.9 Å². The topological polar surface area (TPSA) is 40.2 Å². The van der Waals surface area contributed by atoms with Gasteiger partial charge in [-0.05, 0) is 51.2 Å². The van der Waals surface area contributed by atoms with Gasteiger partial charge in [0.1, 0.15) is 12.7 Å². The van der Waals surface area contributed by atoms with Crippen molar-refractivity contribution in [3.05, 3.63) is 13.2 Å². The van der Waals surface area contributed by atoms with Crippen LogP contribution >= 0.6 is 45.2 Å². The molecule has 0 amide bonds. The van der Waals surface area contributed by atoms with Gasteiger partial charge in [0.05, 0.1) is 13.7 Å². The van der Waals surface area contributed by atoms with Gasteiger partial charge in [0.15, 0.2) is 11.5 Å². The fourth-order valence-corrected chi connectivity index (χ4v) is 3.71. The first-order valence-corrected chi connectivity index (χ1v) is 7.76. The summed E-state index contributed by atoms with van der Waals surface area (Å²) in [6.07, 6.45) is 0.228. The van der Waals surface area contributed by atoms with Crippen LogP contribution in [0.5, 0.6) is 17.2 Å². The maximum absolute atomic E-state index is 5.84. The molecule has 18 heavy (non-hydrogen) atoms. The normalized spacial score (nSPS) is 23.0. The van der Waals surface area contributed by atoms with Crippen molar-refractivity contribution in [2.75, 3.05) is 13.2 Å². The molecule has 1 atom stereocenters. The number of hydrogen-bond acceptors (Lipinski definition) is 4. The predicted molar refractivity (Wildman–Crippen MR) is 82.4 cm³/mol. The summed E-state index contributed by atoms with van der Waals surface area (Å²) in [6.45, 7) is 5.13.